The van der Waals surface area contributed by atoms with Gasteiger partial charge >= 0.3 is 0 Å². The van der Waals surface area contributed by atoms with Gasteiger partial charge in [0.2, 0.25) is 0 Å². The third kappa shape index (κ3) is 7.97. The van der Waals surface area contributed by atoms with Crippen molar-refractivity contribution in [3.8, 4) is 0 Å². The van der Waals surface area contributed by atoms with Gasteiger partial charge in [-0.3, -0.25) is 0 Å². The second-order valence-corrected chi connectivity index (χ2v) is 8.08. The molecule has 112 valence electrons. The molecule has 0 fully saturated rings. The normalized spacial score (nSPS) is 13.4. The van der Waals surface area contributed by atoms with Crippen molar-refractivity contribution in [2.75, 3.05) is 21.1 Å². The molecule has 0 aromatic heterocycles. The van der Waals surface area contributed by atoms with Crippen LogP contribution in [0.5, 0.6) is 0 Å². The van der Waals surface area contributed by atoms with Gasteiger partial charge in [-0.2, -0.15) is 0 Å². The van der Waals surface area contributed by atoms with Crippen LogP contribution in [0.2, 0.25) is 0 Å². The maximum absolute atomic E-state index is 4.25. The molecule has 2 heteroatoms. The van der Waals surface area contributed by atoms with Crippen molar-refractivity contribution < 1.29 is 0 Å². The molecule has 0 spiro atoms. The zero-order valence-electron chi connectivity index (χ0n) is 14.6. The highest BCUT2D eigenvalue weighted by Gasteiger charge is 2.18. The number of hydrogen-bond donors (Lipinski definition) is 0. The Bertz CT molecular complexity index is 324. The van der Waals surface area contributed by atoms with E-state index in [1.165, 1.54) is 11.5 Å². The van der Waals surface area contributed by atoms with Crippen LogP contribution >= 0.6 is 0 Å². The lowest BCUT2D eigenvalue weighted by Gasteiger charge is -2.33. The van der Waals surface area contributed by atoms with Crippen molar-refractivity contribution >= 4 is 0 Å². The molecule has 0 N–H and O–H groups in total. The van der Waals surface area contributed by atoms with Gasteiger partial charge in [0.25, 0.3) is 0 Å². The van der Waals surface area contributed by atoms with E-state index in [0.29, 0.717) is 5.41 Å². The number of allylic oxidation sites excluding steroid dienone is 2. The van der Waals surface area contributed by atoms with E-state index < -0.39 is 0 Å². The van der Waals surface area contributed by atoms with Gasteiger partial charge in [0.1, 0.15) is 5.82 Å². The Kier molecular flexibility index (Phi) is 6.18. The molecule has 0 aliphatic rings. The van der Waals surface area contributed by atoms with Crippen molar-refractivity contribution in [3.05, 3.63) is 24.2 Å². The van der Waals surface area contributed by atoms with Crippen LogP contribution in [0.3, 0.4) is 0 Å². The minimum atomic E-state index is 0.271. The highest BCUT2D eigenvalue weighted by atomic mass is 15.3. The number of hydrogen-bond acceptors (Lipinski definition) is 2. The Morgan fingerprint density at radius 2 is 1.42 bits per heavy atom. The van der Waals surface area contributed by atoms with E-state index >= 15 is 0 Å². The predicted octanol–water partition coefficient (Wildman–Crippen LogP) is 4.71. The Morgan fingerprint density at radius 1 is 0.947 bits per heavy atom. The fourth-order valence-electron chi connectivity index (χ4n) is 1.91. The smallest absolute Gasteiger partial charge is 0.103 e. The van der Waals surface area contributed by atoms with E-state index in [1.54, 1.807) is 0 Å². The summed E-state index contributed by atoms with van der Waals surface area (Å²) >= 11 is 0. The Labute approximate surface area is 121 Å². The van der Waals surface area contributed by atoms with Crippen LogP contribution in [0.1, 0.15) is 54.4 Å². The lowest BCUT2D eigenvalue weighted by molar-refractivity contribution is 0.299. The summed E-state index contributed by atoms with van der Waals surface area (Å²) in [5.74, 6) is 1.23. The predicted molar refractivity (Wildman–Crippen MR) is 86.8 cm³/mol. The van der Waals surface area contributed by atoms with Crippen LogP contribution in [0.15, 0.2) is 24.2 Å². The number of nitrogens with zero attached hydrogens (tertiary/aromatic N) is 2. The lowest BCUT2D eigenvalue weighted by Crippen LogP contribution is -2.29. The SMILES string of the molecule is C=C(CC(C)(C)C)N(C)/C(=C/CC(C)(C)C)N(C)C. The fraction of sp³-hybridized carbons (Fsp3) is 0.765. The molecule has 0 rings (SSSR count). The van der Waals surface area contributed by atoms with Crippen LogP contribution in [0.25, 0.3) is 0 Å². The second-order valence-electron chi connectivity index (χ2n) is 8.08. The highest BCUT2D eigenvalue weighted by molar-refractivity contribution is 5.10. The molecule has 0 aromatic rings. The van der Waals surface area contributed by atoms with E-state index in [1.807, 2.05) is 0 Å². The Hall–Kier alpha value is -0.920. The van der Waals surface area contributed by atoms with Crippen LogP contribution in [-0.4, -0.2) is 30.9 Å². The van der Waals surface area contributed by atoms with Gasteiger partial charge in [-0.05, 0) is 29.7 Å². The minimum absolute atomic E-state index is 0.271. The maximum Gasteiger partial charge on any atom is 0.103 e. The van der Waals surface area contributed by atoms with Crippen molar-refractivity contribution in [1.82, 2.24) is 9.80 Å². The van der Waals surface area contributed by atoms with Crippen molar-refractivity contribution in [3.63, 3.8) is 0 Å². The average molecular weight is 266 g/mol. The molecule has 0 saturated heterocycles. The van der Waals surface area contributed by atoms with E-state index in [4.69, 9.17) is 0 Å². The fourth-order valence-corrected chi connectivity index (χ4v) is 1.91. The summed E-state index contributed by atoms with van der Waals surface area (Å²) in [5, 5.41) is 0. The molecule has 0 aliphatic heterocycles. The summed E-state index contributed by atoms with van der Waals surface area (Å²) < 4.78 is 0. The Morgan fingerprint density at radius 3 is 1.74 bits per heavy atom. The third-order valence-electron chi connectivity index (χ3n) is 2.91. The quantitative estimate of drug-likeness (QED) is 0.711. The van der Waals surface area contributed by atoms with Crippen molar-refractivity contribution in [2.45, 2.75) is 54.4 Å². The molecule has 0 aliphatic carbocycles. The van der Waals surface area contributed by atoms with Gasteiger partial charge in [-0.1, -0.05) is 48.1 Å². The summed E-state index contributed by atoms with van der Waals surface area (Å²) in [7, 11) is 6.30. The van der Waals surface area contributed by atoms with Crippen molar-refractivity contribution in [1.29, 1.82) is 0 Å². The van der Waals surface area contributed by atoms with Gasteiger partial charge in [-0.15, -0.1) is 0 Å². The van der Waals surface area contributed by atoms with Gasteiger partial charge < -0.3 is 9.80 Å². The van der Waals surface area contributed by atoms with Gasteiger partial charge in [0.05, 0.1) is 0 Å². The first kappa shape index (κ1) is 18.1. The molecule has 19 heavy (non-hydrogen) atoms. The summed E-state index contributed by atoms with van der Waals surface area (Å²) in [6.07, 6.45) is 4.38. The third-order valence-corrected chi connectivity index (χ3v) is 2.91. The molecule has 0 atom stereocenters. The minimum Gasteiger partial charge on any atom is -0.364 e. The molecule has 0 aromatic carbocycles. The van der Waals surface area contributed by atoms with E-state index in [2.05, 4.69) is 85.1 Å². The topological polar surface area (TPSA) is 6.48 Å². The molecule has 0 saturated carbocycles. The molecule has 2 nitrogen and oxygen atoms in total. The van der Waals surface area contributed by atoms with E-state index in [9.17, 15) is 0 Å². The molecular weight excluding hydrogens is 232 g/mol. The first-order chi connectivity index (χ1) is 8.33. The van der Waals surface area contributed by atoms with Crippen LogP contribution in [0.4, 0.5) is 0 Å². The van der Waals surface area contributed by atoms with Crippen molar-refractivity contribution in [2.24, 2.45) is 10.8 Å². The monoisotopic (exact) mass is 266 g/mol. The van der Waals surface area contributed by atoms with Crippen LogP contribution < -0.4 is 0 Å². The first-order valence-electron chi connectivity index (χ1n) is 7.12. The maximum atomic E-state index is 4.25. The van der Waals surface area contributed by atoms with E-state index in [-0.39, 0.29) is 5.41 Å². The first-order valence-corrected chi connectivity index (χ1v) is 7.12. The summed E-state index contributed by atoms with van der Waals surface area (Å²) in [5.41, 5.74) is 1.75. The number of rotatable bonds is 5. The molecule has 0 unspecified atom stereocenters. The standard InChI is InChI=1S/C17H34N2/c1-14(13-17(5,6)7)19(10)15(18(8)9)11-12-16(2,3)4/h11H,1,12-13H2,2-10H3/b15-11+. The van der Waals surface area contributed by atoms with Gasteiger partial charge in [0, 0.05) is 26.8 Å². The Balaban J connectivity index is 4.95. The van der Waals surface area contributed by atoms with Crippen LogP contribution in [-0.2, 0) is 0 Å². The molecule has 0 heterocycles. The molecule has 0 amide bonds. The zero-order chi connectivity index (χ0) is 15.4. The average Bonchev–Trinajstić information content (AvgIpc) is 2.12. The van der Waals surface area contributed by atoms with Gasteiger partial charge in [0.15, 0.2) is 0 Å². The van der Waals surface area contributed by atoms with Gasteiger partial charge in [-0.25, -0.2) is 0 Å². The molecular formula is C17H34N2. The zero-order valence-corrected chi connectivity index (χ0v) is 14.6. The summed E-state index contributed by atoms with van der Waals surface area (Å²) in [6.45, 7) is 17.8. The lowest BCUT2D eigenvalue weighted by atomic mass is 9.90. The van der Waals surface area contributed by atoms with Crippen LogP contribution in [0, 0.1) is 10.8 Å². The van der Waals surface area contributed by atoms with E-state index in [0.717, 1.165) is 12.8 Å². The highest BCUT2D eigenvalue weighted by Crippen LogP contribution is 2.28. The second kappa shape index (κ2) is 6.49. The summed E-state index contributed by atoms with van der Waals surface area (Å²) in [6, 6.07) is 0. The molecule has 0 bridgehead atoms. The summed E-state index contributed by atoms with van der Waals surface area (Å²) in [4.78, 5) is 4.39. The largest absolute Gasteiger partial charge is 0.364 e. The molecule has 0 radical (unpaired) electrons.